The first kappa shape index (κ1) is 13.1. The fraction of sp³-hybridized carbons (Fsp3) is 0.353. The fourth-order valence-electron chi connectivity index (χ4n) is 2.52. The molecular formula is C17H20N2O. The number of hydrogen-bond acceptors (Lipinski definition) is 2. The molecule has 1 aliphatic rings. The van der Waals surface area contributed by atoms with Gasteiger partial charge in [0.15, 0.2) is 0 Å². The molecule has 3 nitrogen and oxygen atoms in total. The van der Waals surface area contributed by atoms with Gasteiger partial charge in [0, 0.05) is 25.6 Å². The molecule has 0 bridgehead atoms. The summed E-state index contributed by atoms with van der Waals surface area (Å²) in [5.74, 6) is 0.613. The Bertz CT molecular complexity index is 619. The number of hydrogen-bond donors (Lipinski definition) is 2. The van der Waals surface area contributed by atoms with Crippen LogP contribution >= 0.6 is 0 Å². The first-order valence-electron chi connectivity index (χ1n) is 7.21. The summed E-state index contributed by atoms with van der Waals surface area (Å²) < 4.78 is 0. The fourth-order valence-corrected chi connectivity index (χ4v) is 2.52. The van der Waals surface area contributed by atoms with Gasteiger partial charge in [-0.2, -0.15) is 0 Å². The number of fused-ring (bicyclic) bond motifs is 1. The third-order valence-corrected chi connectivity index (χ3v) is 4.10. The second-order valence-electron chi connectivity index (χ2n) is 5.60. The van der Waals surface area contributed by atoms with Gasteiger partial charge in [0.1, 0.15) is 0 Å². The minimum Gasteiger partial charge on any atom is -0.355 e. The summed E-state index contributed by atoms with van der Waals surface area (Å²) in [6.45, 7) is 4.79. The number of benzene rings is 2. The minimum absolute atomic E-state index is 0.104. The van der Waals surface area contributed by atoms with Crippen molar-refractivity contribution in [3.8, 4) is 0 Å². The molecule has 1 aliphatic heterocycles. The molecule has 2 aromatic carbocycles. The molecule has 3 rings (SSSR count). The SMILES string of the molecule is CC(C(=O)NCC1CNC1)c1ccc2ccccc2c1. The van der Waals surface area contributed by atoms with Crippen LogP contribution in [0.15, 0.2) is 42.5 Å². The molecule has 2 aromatic rings. The number of carbonyl (C=O) groups excluding carboxylic acids is 1. The zero-order valence-corrected chi connectivity index (χ0v) is 11.7. The van der Waals surface area contributed by atoms with Crippen LogP contribution in [0.4, 0.5) is 0 Å². The second-order valence-corrected chi connectivity index (χ2v) is 5.60. The van der Waals surface area contributed by atoms with E-state index >= 15 is 0 Å². The van der Waals surface area contributed by atoms with Crippen molar-refractivity contribution in [2.75, 3.05) is 19.6 Å². The molecule has 0 aromatic heterocycles. The first-order chi connectivity index (χ1) is 9.74. The third kappa shape index (κ3) is 2.68. The van der Waals surface area contributed by atoms with Crippen molar-refractivity contribution in [1.82, 2.24) is 10.6 Å². The Morgan fingerprint density at radius 2 is 2.00 bits per heavy atom. The highest BCUT2D eigenvalue weighted by Gasteiger charge is 2.20. The molecule has 1 fully saturated rings. The van der Waals surface area contributed by atoms with E-state index < -0.39 is 0 Å². The summed E-state index contributed by atoms with van der Waals surface area (Å²) in [5.41, 5.74) is 1.08. The largest absolute Gasteiger partial charge is 0.355 e. The summed E-state index contributed by atoms with van der Waals surface area (Å²) in [6.07, 6.45) is 0. The van der Waals surface area contributed by atoms with Crippen molar-refractivity contribution in [2.45, 2.75) is 12.8 Å². The van der Waals surface area contributed by atoms with Crippen molar-refractivity contribution < 1.29 is 4.79 Å². The number of carbonyl (C=O) groups is 1. The van der Waals surface area contributed by atoms with Gasteiger partial charge in [-0.05, 0) is 23.3 Å². The van der Waals surface area contributed by atoms with Crippen LogP contribution in [-0.4, -0.2) is 25.5 Å². The molecule has 0 aliphatic carbocycles. The summed E-state index contributed by atoms with van der Waals surface area (Å²) >= 11 is 0. The molecule has 1 unspecified atom stereocenters. The molecule has 104 valence electrons. The molecule has 1 saturated heterocycles. The highest BCUT2D eigenvalue weighted by molar-refractivity contribution is 5.87. The maximum absolute atomic E-state index is 12.2. The normalized spacial score (nSPS) is 16.6. The van der Waals surface area contributed by atoms with Gasteiger partial charge in [0.25, 0.3) is 0 Å². The van der Waals surface area contributed by atoms with Gasteiger partial charge in [-0.1, -0.05) is 42.5 Å². The Balaban J connectivity index is 1.70. The molecule has 1 amide bonds. The van der Waals surface area contributed by atoms with Crippen LogP contribution in [-0.2, 0) is 4.79 Å². The third-order valence-electron chi connectivity index (χ3n) is 4.10. The molecule has 1 heterocycles. The lowest BCUT2D eigenvalue weighted by molar-refractivity contribution is -0.122. The van der Waals surface area contributed by atoms with E-state index in [0.717, 1.165) is 25.2 Å². The summed E-state index contributed by atoms with van der Waals surface area (Å²) in [7, 11) is 0. The molecule has 20 heavy (non-hydrogen) atoms. The van der Waals surface area contributed by atoms with E-state index in [1.54, 1.807) is 0 Å². The topological polar surface area (TPSA) is 41.1 Å². The van der Waals surface area contributed by atoms with Gasteiger partial charge < -0.3 is 10.6 Å². The highest BCUT2D eigenvalue weighted by Crippen LogP contribution is 2.21. The van der Waals surface area contributed by atoms with E-state index in [2.05, 4.69) is 41.0 Å². The number of amides is 1. The quantitative estimate of drug-likeness (QED) is 0.893. The van der Waals surface area contributed by atoms with Crippen molar-refractivity contribution >= 4 is 16.7 Å². The summed E-state index contributed by atoms with van der Waals surface area (Å²) in [6, 6.07) is 14.5. The average Bonchev–Trinajstić information content (AvgIpc) is 2.44. The maximum atomic E-state index is 12.2. The maximum Gasteiger partial charge on any atom is 0.227 e. The zero-order valence-electron chi connectivity index (χ0n) is 11.7. The van der Waals surface area contributed by atoms with Crippen LogP contribution in [0.25, 0.3) is 10.8 Å². The Morgan fingerprint density at radius 3 is 2.70 bits per heavy atom. The van der Waals surface area contributed by atoms with Crippen molar-refractivity contribution in [1.29, 1.82) is 0 Å². The summed E-state index contributed by atoms with van der Waals surface area (Å²) in [5, 5.41) is 8.67. The molecule has 2 N–H and O–H groups in total. The lowest BCUT2D eigenvalue weighted by Gasteiger charge is -2.27. The first-order valence-corrected chi connectivity index (χ1v) is 7.21. The lowest BCUT2D eigenvalue weighted by Crippen LogP contribution is -2.48. The molecule has 3 heteroatoms. The van der Waals surface area contributed by atoms with Gasteiger partial charge in [-0.3, -0.25) is 4.79 Å². The molecule has 0 saturated carbocycles. The highest BCUT2D eigenvalue weighted by atomic mass is 16.1. The van der Waals surface area contributed by atoms with Gasteiger partial charge in [0.05, 0.1) is 5.92 Å². The van der Waals surface area contributed by atoms with E-state index in [9.17, 15) is 4.79 Å². The van der Waals surface area contributed by atoms with Gasteiger partial charge in [-0.25, -0.2) is 0 Å². The Morgan fingerprint density at radius 1 is 1.25 bits per heavy atom. The summed E-state index contributed by atoms with van der Waals surface area (Å²) in [4.78, 5) is 12.2. The number of rotatable bonds is 4. The molecule has 0 radical (unpaired) electrons. The Labute approximate surface area is 119 Å². The Kier molecular flexibility index (Phi) is 3.70. The lowest BCUT2D eigenvalue weighted by atomic mass is 9.96. The smallest absolute Gasteiger partial charge is 0.227 e. The second kappa shape index (κ2) is 5.63. The predicted molar refractivity (Wildman–Crippen MR) is 81.7 cm³/mol. The monoisotopic (exact) mass is 268 g/mol. The molecular weight excluding hydrogens is 248 g/mol. The van der Waals surface area contributed by atoms with E-state index in [4.69, 9.17) is 0 Å². The van der Waals surface area contributed by atoms with Gasteiger partial charge in [-0.15, -0.1) is 0 Å². The van der Waals surface area contributed by atoms with Gasteiger partial charge in [0.2, 0.25) is 5.91 Å². The van der Waals surface area contributed by atoms with E-state index in [1.165, 1.54) is 10.8 Å². The van der Waals surface area contributed by atoms with Crippen molar-refractivity contribution in [2.24, 2.45) is 5.92 Å². The van der Waals surface area contributed by atoms with Crippen LogP contribution in [0.1, 0.15) is 18.4 Å². The molecule has 1 atom stereocenters. The van der Waals surface area contributed by atoms with Crippen LogP contribution in [0.2, 0.25) is 0 Å². The average molecular weight is 268 g/mol. The van der Waals surface area contributed by atoms with E-state index in [0.29, 0.717) is 5.92 Å². The van der Waals surface area contributed by atoms with Gasteiger partial charge >= 0.3 is 0 Å². The number of nitrogens with one attached hydrogen (secondary N) is 2. The minimum atomic E-state index is -0.104. The zero-order chi connectivity index (χ0) is 13.9. The van der Waals surface area contributed by atoms with Crippen LogP contribution in [0.3, 0.4) is 0 Å². The standard InChI is InChI=1S/C17H20N2O/c1-12(17(20)19-11-13-9-18-10-13)15-7-6-14-4-2-3-5-16(14)8-15/h2-8,12-13,18H,9-11H2,1H3,(H,19,20). The van der Waals surface area contributed by atoms with Crippen LogP contribution in [0, 0.1) is 5.92 Å². The van der Waals surface area contributed by atoms with Crippen LogP contribution in [0.5, 0.6) is 0 Å². The van der Waals surface area contributed by atoms with Crippen molar-refractivity contribution in [3.05, 3.63) is 48.0 Å². The van der Waals surface area contributed by atoms with Crippen molar-refractivity contribution in [3.63, 3.8) is 0 Å². The van der Waals surface area contributed by atoms with E-state index in [1.807, 2.05) is 19.1 Å². The van der Waals surface area contributed by atoms with Crippen LogP contribution < -0.4 is 10.6 Å². The predicted octanol–water partition coefficient (Wildman–Crippen LogP) is 2.28. The van der Waals surface area contributed by atoms with E-state index in [-0.39, 0.29) is 11.8 Å². The molecule has 0 spiro atoms. The Hall–Kier alpha value is -1.87.